The first-order chi connectivity index (χ1) is 8.27. The zero-order valence-corrected chi connectivity index (χ0v) is 11.6. The third-order valence-corrected chi connectivity index (χ3v) is 3.56. The summed E-state index contributed by atoms with van der Waals surface area (Å²) >= 11 is 0. The molecule has 1 unspecified atom stereocenters. The van der Waals surface area contributed by atoms with Crippen molar-refractivity contribution in [1.82, 2.24) is 5.32 Å². The van der Waals surface area contributed by atoms with Gasteiger partial charge in [-0.1, -0.05) is 63.4 Å². The van der Waals surface area contributed by atoms with Gasteiger partial charge in [0, 0.05) is 6.04 Å². The molecular formula is C16H27N. The molecule has 1 rings (SSSR count). The molecule has 0 radical (unpaired) electrons. The normalized spacial score (nSPS) is 14.5. The number of rotatable bonds is 8. The molecule has 0 saturated heterocycles. The Labute approximate surface area is 107 Å². The van der Waals surface area contributed by atoms with Crippen LogP contribution in [0.2, 0.25) is 0 Å². The largest absolute Gasteiger partial charge is 0.310 e. The summed E-state index contributed by atoms with van der Waals surface area (Å²) in [4.78, 5) is 0. The molecule has 0 aliphatic carbocycles. The third-order valence-electron chi connectivity index (χ3n) is 3.56. The van der Waals surface area contributed by atoms with Gasteiger partial charge in [0.25, 0.3) is 0 Å². The van der Waals surface area contributed by atoms with Gasteiger partial charge in [0.1, 0.15) is 0 Å². The van der Waals surface area contributed by atoms with Gasteiger partial charge in [-0.25, -0.2) is 0 Å². The van der Waals surface area contributed by atoms with Gasteiger partial charge in [0.2, 0.25) is 0 Å². The van der Waals surface area contributed by atoms with Crippen LogP contribution in [0.1, 0.15) is 58.1 Å². The smallest absolute Gasteiger partial charge is 0.0291 e. The second kappa shape index (κ2) is 8.30. The highest BCUT2D eigenvalue weighted by molar-refractivity contribution is 5.17. The monoisotopic (exact) mass is 233 g/mol. The summed E-state index contributed by atoms with van der Waals surface area (Å²) in [5.74, 6) is 0.834. The maximum absolute atomic E-state index is 3.66. The van der Waals surface area contributed by atoms with Crippen molar-refractivity contribution < 1.29 is 0 Å². The van der Waals surface area contributed by atoms with Crippen LogP contribution in [0.5, 0.6) is 0 Å². The number of unbranched alkanes of at least 4 members (excludes halogenated alkanes) is 1. The van der Waals surface area contributed by atoms with E-state index in [-0.39, 0.29) is 0 Å². The van der Waals surface area contributed by atoms with E-state index in [1.54, 1.807) is 0 Å². The summed E-state index contributed by atoms with van der Waals surface area (Å²) in [6.45, 7) is 7.97. The standard InChI is InChI=1S/C16H27N/c1-4-6-10-15(5-2)13-17-14(3)16-11-8-7-9-12-16/h7-9,11-12,14-15,17H,4-6,10,13H2,1-3H3/t14-,15?/m0/s1. The topological polar surface area (TPSA) is 12.0 Å². The van der Waals surface area contributed by atoms with Gasteiger partial charge in [0.05, 0.1) is 0 Å². The summed E-state index contributed by atoms with van der Waals surface area (Å²) in [6.07, 6.45) is 5.32. The lowest BCUT2D eigenvalue weighted by Gasteiger charge is -2.19. The SMILES string of the molecule is CCCCC(CC)CN[C@@H](C)c1ccccc1. The number of benzene rings is 1. The van der Waals surface area contributed by atoms with Crippen LogP contribution in [0.4, 0.5) is 0 Å². The fourth-order valence-electron chi connectivity index (χ4n) is 2.15. The van der Waals surface area contributed by atoms with Crippen molar-refractivity contribution in [2.75, 3.05) is 6.54 Å². The molecule has 1 N–H and O–H groups in total. The average Bonchev–Trinajstić information content (AvgIpc) is 2.39. The third kappa shape index (κ3) is 5.36. The van der Waals surface area contributed by atoms with Crippen molar-refractivity contribution in [3.8, 4) is 0 Å². The van der Waals surface area contributed by atoms with E-state index in [9.17, 15) is 0 Å². The minimum Gasteiger partial charge on any atom is -0.310 e. The van der Waals surface area contributed by atoms with Gasteiger partial charge in [-0.05, 0) is 31.4 Å². The molecule has 2 atom stereocenters. The summed E-state index contributed by atoms with van der Waals surface area (Å²) in [6, 6.07) is 11.2. The highest BCUT2D eigenvalue weighted by Crippen LogP contribution is 2.15. The zero-order chi connectivity index (χ0) is 12.5. The van der Waals surface area contributed by atoms with E-state index in [2.05, 4.69) is 56.4 Å². The minimum absolute atomic E-state index is 0.465. The molecule has 1 nitrogen and oxygen atoms in total. The van der Waals surface area contributed by atoms with Gasteiger partial charge in [-0.2, -0.15) is 0 Å². The van der Waals surface area contributed by atoms with Crippen LogP contribution in [0, 0.1) is 5.92 Å². The second-order valence-electron chi connectivity index (χ2n) is 4.96. The predicted molar refractivity (Wildman–Crippen MR) is 76.2 cm³/mol. The van der Waals surface area contributed by atoms with Crippen molar-refractivity contribution in [2.45, 2.75) is 52.5 Å². The maximum Gasteiger partial charge on any atom is 0.0291 e. The van der Waals surface area contributed by atoms with Crippen molar-refractivity contribution >= 4 is 0 Å². The molecule has 1 aromatic rings. The Morgan fingerprint density at radius 2 is 1.82 bits per heavy atom. The van der Waals surface area contributed by atoms with Crippen molar-refractivity contribution in [1.29, 1.82) is 0 Å². The second-order valence-corrected chi connectivity index (χ2v) is 4.96. The van der Waals surface area contributed by atoms with Gasteiger partial charge >= 0.3 is 0 Å². The molecule has 0 amide bonds. The van der Waals surface area contributed by atoms with Crippen molar-refractivity contribution in [3.63, 3.8) is 0 Å². The Bertz CT molecular complexity index is 281. The Morgan fingerprint density at radius 1 is 1.12 bits per heavy atom. The van der Waals surface area contributed by atoms with Crippen LogP contribution in [-0.2, 0) is 0 Å². The van der Waals surface area contributed by atoms with E-state index in [0.717, 1.165) is 12.5 Å². The quantitative estimate of drug-likeness (QED) is 0.694. The lowest BCUT2D eigenvalue weighted by molar-refractivity contribution is 0.398. The number of hydrogen-bond acceptors (Lipinski definition) is 1. The van der Waals surface area contributed by atoms with E-state index < -0.39 is 0 Å². The maximum atomic E-state index is 3.66. The highest BCUT2D eigenvalue weighted by atomic mass is 14.9. The van der Waals surface area contributed by atoms with E-state index >= 15 is 0 Å². The van der Waals surface area contributed by atoms with Crippen molar-refractivity contribution in [2.24, 2.45) is 5.92 Å². The predicted octanol–water partition coefficient (Wildman–Crippen LogP) is 4.55. The molecule has 0 fully saturated rings. The molecule has 1 heteroatoms. The minimum atomic E-state index is 0.465. The van der Waals surface area contributed by atoms with E-state index in [4.69, 9.17) is 0 Å². The molecule has 0 aromatic heterocycles. The van der Waals surface area contributed by atoms with Crippen LogP contribution < -0.4 is 5.32 Å². The summed E-state index contributed by atoms with van der Waals surface area (Å²) in [5.41, 5.74) is 1.39. The first-order valence-corrected chi connectivity index (χ1v) is 7.06. The van der Waals surface area contributed by atoms with Crippen LogP contribution in [0.25, 0.3) is 0 Å². The molecule has 0 heterocycles. The molecule has 0 bridgehead atoms. The molecule has 96 valence electrons. The van der Waals surface area contributed by atoms with Crippen LogP contribution >= 0.6 is 0 Å². The van der Waals surface area contributed by atoms with Crippen LogP contribution in [0.3, 0.4) is 0 Å². The molecule has 1 aromatic carbocycles. The molecule has 0 spiro atoms. The number of nitrogens with one attached hydrogen (secondary N) is 1. The summed E-state index contributed by atoms with van der Waals surface area (Å²) in [7, 11) is 0. The Morgan fingerprint density at radius 3 is 2.41 bits per heavy atom. The molecular weight excluding hydrogens is 206 g/mol. The summed E-state index contributed by atoms with van der Waals surface area (Å²) < 4.78 is 0. The summed E-state index contributed by atoms with van der Waals surface area (Å²) in [5, 5.41) is 3.66. The Balaban J connectivity index is 2.33. The van der Waals surface area contributed by atoms with Crippen LogP contribution in [0.15, 0.2) is 30.3 Å². The zero-order valence-electron chi connectivity index (χ0n) is 11.6. The molecule has 0 aliphatic rings. The number of hydrogen-bond donors (Lipinski definition) is 1. The van der Waals surface area contributed by atoms with E-state index in [0.29, 0.717) is 6.04 Å². The van der Waals surface area contributed by atoms with Gasteiger partial charge in [0.15, 0.2) is 0 Å². The molecule has 0 aliphatic heterocycles. The molecule has 17 heavy (non-hydrogen) atoms. The lowest BCUT2D eigenvalue weighted by Crippen LogP contribution is -2.25. The van der Waals surface area contributed by atoms with Crippen LogP contribution in [-0.4, -0.2) is 6.54 Å². The lowest BCUT2D eigenvalue weighted by atomic mass is 9.98. The Kier molecular flexibility index (Phi) is 6.95. The van der Waals surface area contributed by atoms with E-state index in [1.165, 1.54) is 31.2 Å². The average molecular weight is 233 g/mol. The first-order valence-electron chi connectivity index (χ1n) is 7.06. The van der Waals surface area contributed by atoms with Crippen molar-refractivity contribution in [3.05, 3.63) is 35.9 Å². The van der Waals surface area contributed by atoms with Gasteiger partial charge in [-0.3, -0.25) is 0 Å². The fraction of sp³-hybridized carbons (Fsp3) is 0.625. The Hall–Kier alpha value is -0.820. The van der Waals surface area contributed by atoms with E-state index in [1.807, 2.05) is 0 Å². The first kappa shape index (κ1) is 14.2. The fourth-order valence-corrected chi connectivity index (χ4v) is 2.15. The highest BCUT2D eigenvalue weighted by Gasteiger charge is 2.09. The molecule has 0 saturated carbocycles. The van der Waals surface area contributed by atoms with Gasteiger partial charge in [-0.15, -0.1) is 0 Å². The van der Waals surface area contributed by atoms with Gasteiger partial charge < -0.3 is 5.32 Å².